The second-order valence-corrected chi connectivity index (χ2v) is 11.7. The maximum absolute atomic E-state index is 13.5. The fraction of sp³-hybridized carbons (Fsp3) is 0.172. The predicted molar refractivity (Wildman–Crippen MR) is 150 cm³/mol. The van der Waals surface area contributed by atoms with Crippen molar-refractivity contribution in [2.75, 3.05) is 0 Å². The van der Waals surface area contributed by atoms with Crippen molar-refractivity contribution in [2.24, 2.45) is 0 Å². The predicted octanol–water partition coefficient (Wildman–Crippen LogP) is 6.37. The molecule has 188 valence electrons. The fourth-order valence-electron chi connectivity index (χ4n) is 4.32. The first-order valence-electron chi connectivity index (χ1n) is 12.0. The number of fused-ring (bicyclic) bond motifs is 1. The van der Waals surface area contributed by atoms with Gasteiger partial charge in [0.15, 0.2) is 11.0 Å². The van der Waals surface area contributed by atoms with Gasteiger partial charge in [-0.2, -0.15) is 0 Å². The molecule has 0 bridgehead atoms. The van der Waals surface area contributed by atoms with Crippen LogP contribution in [0.25, 0.3) is 16.5 Å². The van der Waals surface area contributed by atoms with Gasteiger partial charge >= 0.3 is 0 Å². The summed E-state index contributed by atoms with van der Waals surface area (Å²) in [5, 5.41) is 11.2. The van der Waals surface area contributed by atoms with Crippen LogP contribution in [0, 0.1) is 13.8 Å². The van der Waals surface area contributed by atoms with Gasteiger partial charge in [-0.15, -0.1) is 10.2 Å². The van der Waals surface area contributed by atoms with Crippen molar-refractivity contribution in [3.63, 3.8) is 0 Å². The second-order valence-electron chi connectivity index (χ2n) is 9.11. The highest BCUT2D eigenvalue weighted by Gasteiger charge is 2.26. The van der Waals surface area contributed by atoms with Gasteiger partial charge < -0.3 is 0 Å². The van der Waals surface area contributed by atoms with E-state index in [0.29, 0.717) is 16.4 Å². The first-order chi connectivity index (χ1) is 17.8. The van der Waals surface area contributed by atoms with Gasteiger partial charge in [-0.05, 0) is 49.9 Å². The molecule has 4 aromatic carbocycles. The number of benzene rings is 4. The van der Waals surface area contributed by atoms with Crippen molar-refractivity contribution in [1.29, 1.82) is 0 Å². The van der Waals surface area contributed by atoms with E-state index in [1.54, 1.807) is 30.8 Å². The molecule has 5 aromatic rings. The highest BCUT2D eigenvalue weighted by Crippen LogP contribution is 2.29. The minimum absolute atomic E-state index is 0.243. The highest BCUT2D eigenvalue weighted by molar-refractivity contribution is 7.98. The van der Waals surface area contributed by atoms with Crippen LogP contribution in [0.15, 0.2) is 101 Å². The van der Waals surface area contributed by atoms with Crippen molar-refractivity contribution in [2.45, 2.75) is 42.6 Å². The molecule has 5 rings (SSSR count). The number of hydrogen-bond donors (Lipinski definition) is 1. The van der Waals surface area contributed by atoms with E-state index >= 15 is 0 Å². The Bertz CT molecular complexity index is 1660. The Morgan fingerprint density at radius 2 is 1.59 bits per heavy atom. The summed E-state index contributed by atoms with van der Waals surface area (Å²) < 4.78 is 31.8. The Hall–Kier alpha value is -3.46. The number of sulfonamides is 1. The molecular weight excluding hydrogens is 500 g/mol. The molecule has 0 spiro atoms. The van der Waals surface area contributed by atoms with Crippen molar-refractivity contribution >= 4 is 32.6 Å². The highest BCUT2D eigenvalue weighted by atomic mass is 32.2. The van der Waals surface area contributed by atoms with Gasteiger partial charge in [-0.3, -0.25) is 4.57 Å². The van der Waals surface area contributed by atoms with Crippen LogP contribution in [0.4, 0.5) is 0 Å². The summed E-state index contributed by atoms with van der Waals surface area (Å²) in [4.78, 5) is 0.243. The molecule has 0 radical (unpaired) electrons. The molecule has 0 aliphatic heterocycles. The van der Waals surface area contributed by atoms with E-state index in [4.69, 9.17) is 0 Å². The zero-order valence-electron chi connectivity index (χ0n) is 20.9. The molecule has 6 nitrogen and oxygen atoms in total. The van der Waals surface area contributed by atoms with Crippen LogP contribution in [0.5, 0.6) is 0 Å². The Kier molecular flexibility index (Phi) is 7.15. The van der Waals surface area contributed by atoms with E-state index in [0.717, 1.165) is 22.4 Å². The van der Waals surface area contributed by atoms with Crippen LogP contribution in [0.2, 0.25) is 0 Å². The van der Waals surface area contributed by atoms with Gasteiger partial charge in [-0.25, -0.2) is 13.1 Å². The number of nitrogens with one attached hydrogen (secondary N) is 1. The van der Waals surface area contributed by atoms with Crippen LogP contribution in [-0.2, 0) is 15.8 Å². The normalized spacial score (nSPS) is 12.6. The van der Waals surface area contributed by atoms with Crippen molar-refractivity contribution in [3.8, 4) is 5.69 Å². The Labute approximate surface area is 221 Å². The molecule has 1 aromatic heterocycles. The maximum Gasteiger partial charge on any atom is 0.241 e. The summed E-state index contributed by atoms with van der Waals surface area (Å²) in [6.45, 7) is 5.91. The quantitative estimate of drug-likeness (QED) is 0.237. The summed E-state index contributed by atoms with van der Waals surface area (Å²) in [5.74, 6) is 1.25. The van der Waals surface area contributed by atoms with Crippen molar-refractivity contribution in [1.82, 2.24) is 19.5 Å². The fourth-order valence-corrected chi connectivity index (χ4v) is 6.65. The molecule has 1 heterocycles. The lowest BCUT2D eigenvalue weighted by Crippen LogP contribution is -2.29. The zero-order chi connectivity index (χ0) is 26.0. The van der Waals surface area contributed by atoms with Gasteiger partial charge in [0.2, 0.25) is 10.0 Å². The third-order valence-electron chi connectivity index (χ3n) is 6.16. The van der Waals surface area contributed by atoms with E-state index < -0.39 is 16.1 Å². The number of hydrogen-bond acceptors (Lipinski definition) is 5. The average molecular weight is 529 g/mol. The number of nitrogens with zero attached hydrogens (tertiary/aromatic N) is 3. The summed E-state index contributed by atoms with van der Waals surface area (Å²) in [5.41, 5.74) is 4.41. The first-order valence-corrected chi connectivity index (χ1v) is 14.5. The molecule has 0 fully saturated rings. The monoisotopic (exact) mass is 528 g/mol. The molecule has 8 heteroatoms. The molecule has 0 amide bonds. The van der Waals surface area contributed by atoms with Crippen molar-refractivity contribution in [3.05, 3.63) is 114 Å². The molecule has 1 atom stereocenters. The molecule has 0 aliphatic rings. The lowest BCUT2D eigenvalue weighted by molar-refractivity contribution is 0.557. The Morgan fingerprint density at radius 1 is 0.865 bits per heavy atom. The summed E-state index contributed by atoms with van der Waals surface area (Å²) >= 11 is 1.57. The molecule has 0 saturated heterocycles. The van der Waals surface area contributed by atoms with Crippen LogP contribution in [-0.4, -0.2) is 23.2 Å². The van der Waals surface area contributed by atoms with E-state index in [9.17, 15) is 8.42 Å². The summed E-state index contributed by atoms with van der Waals surface area (Å²) in [6, 6.07) is 28.6. The zero-order valence-corrected chi connectivity index (χ0v) is 22.6. The van der Waals surface area contributed by atoms with E-state index in [1.165, 1.54) is 11.1 Å². The van der Waals surface area contributed by atoms with Crippen LogP contribution < -0.4 is 4.72 Å². The average Bonchev–Trinajstić information content (AvgIpc) is 3.31. The van der Waals surface area contributed by atoms with Gasteiger partial charge in [0.25, 0.3) is 0 Å². The van der Waals surface area contributed by atoms with Crippen molar-refractivity contribution < 1.29 is 8.42 Å². The molecule has 1 unspecified atom stereocenters. The number of aromatic nitrogens is 3. The topological polar surface area (TPSA) is 76.9 Å². The lowest BCUT2D eigenvalue weighted by atomic mass is 10.1. The number of thioether (sulfide) groups is 1. The molecule has 37 heavy (non-hydrogen) atoms. The SMILES string of the molecule is Cc1ccc(-n2c(SCc3cccc(C)c3)nnc2C(C)NS(=O)(=O)c2cccc3ccccc23)cc1. The largest absolute Gasteiger partial charge is 0.273 e. The third kappa shape index (κ3) is 5.46. The smallest absolute Gasteiger partial charge is 0.241 e. The standard InChI is InChI=1S/C29H28N4O2S2/c1-20-14-16-25(17-15-20)33-28(30-31-29(33)36-19-23-9-6-8-21(2)18-23)22(3)32-37(34,35)27-13-7-11-24-10-4-5-12-26(24)27/h4-18,22,32H,19H2,1-3H3. The Balaban J connectivity index is 1.49. The third-order valence-corrected chi connectivity index (χ3v) is 8.76. The molecule has 0 saturated carbocycles. The van der Waals surface area contributed by atoms with E-state index in [1.807, 2.05) is 72.2 Å². The minimum atomic E-state index is -3.83. The molecule has 1 N–H and O–H groups in total. The number of rotatable bonds is 8. The van der Waals surface area contributed by atoms with E-state index in [-0.39, 0.29) is 4.90 Å². The van der Waals surface area contributed by atoms with Gasteiger partial charge in [0.1, 0.15) is 0 Å². The first kappa shape index (κ1) is 25.2. The van der Waals surface area contributed by atoms with Crippen LogP contribution in [0.3, 0.4) is 0 Å². The second kappa shape index (κ2) is 10.5. The van der Waals surface area contributed by atoms with Crippen LogP contribution >= 0.6 is 11.8 Å². The Morgan fingerprint density at radius 3 is 2.38 bits per heavy atom. The molecule has 0 aliphatic carbocycles. The lowest BCUT2D eigenvalue weighted by Gasteiger charge is -2.17. The van der Waals surface area contributed by atoms with Crippen LogP contribution in [0.1, 0.15) is 35.5 Å². The van der Waals surface area contributed by atoms with E-state index in [2.05, 4.69) is 40.0 Å². The maximum atomic E-state index is 13.5. The molecular formula is C29H28N4O2S2. The van der Waals surface area contributed by atoms with Gasteiger partial charge in [0, 0.05) is 16.8 Å². The number of aryl methyl sites for hydroxylation is 2. The van der Waals surface area contributed by atoms with Gasteiger partial charge in [0.05, 0.1) is 10.9 Å². The van der Waals surface area contributed by atoms with Gasteiger partial charge in [-0.1, -0.05) is 95.7 Å². The summed E-state index contributed by atoms with van der Waals surface area (Å²) in [7, 11) is -3.83. The summed E-state index contributed by atoms with van der Waals surface area (Å²) in [6.07, 6.45) is 0. The minimum Gasteiger partial charge on any atom is -0.273 e.